The van der Waals surface area contributed by atoms with E-state index in [4.69, 9.17) is 11.6 Å². The lowest BCUT2D eigenvalue weighted by Crippen LogP contribution is -1.90. The standard InChI is InChI=1S/C8H7ClFN/c9-7-4-3-6(5-1-2-5)8(10)11-7/h3-5H,1-2H2. The van der Waals surface area contributed by atoms with Crippen molar-refractivity contribution in [3.05, 3.63) is 28.8 Å². The molecule has 1 fully saturated rings. The molecule has 0 amide bonds. The Kier molecular flexibility index (Phi) is 1.57. The van der Waals surface area contributed by atoms with E-state index in [0.29, 0.717) is 5.92 Å². The monoisotopic (exact) mass is 171 g/mol. The van der Waals surface area contributed by atoms with Gasteiger partial charge in [0.2, 0.25) is 5.95 Å². The molecule has 1 aliphatic rings. The highest BCUT2D eigenvalue weighted by Crippen LogP contribution is 2.40. The van der Waals surface area contributed by atoms with E-state index < -0.39 is 5.95 Å². The van der Waals surface area contributed by atoms with Crippen molar-refractivity contribution >= 4 is 11.6 Å². The number of hydrogen-bond donors (Lipinski definition) is 0. The van der Waals surface area contributed by atoms with Crippen molar-refractivity contribution in [2.45, 2.75) is 18.8 Å². The van der Waals surface area contributed by atoms with Gasteiger partial charge in [0, 0.05) is 5.56 Å². The lowest BCUT2D eigenvalue weighted by molar-refractivity contribution is 0.567. The van der Waals surface area contributed by atoms with E-state index in [2.05, 4.69) is 4.98 Å². The van der Waals surface area contributed by atoms with Gasteiger partial charge in [0.1, 0.15) is 5.15 Å². The molecule has 0 bridgehead atoms. The Labute approximate surface area is 69.2 Å². The molecule has 2 rings (SSSR count). The van der Waals surface area contributed by atoms with E-state index in [1.54, 1.807) is 12.1 Å². The first-order valence-electron chi connectivity index (χ1n) is 3.59. The smallest absolute Gasteiger partial charge is 0.208 e. The fraction of sp³-hybridized carbons (Fsp3) is 0.375. The molecular weight excluding hydrogens is 165 g/mol. The summed E-state index contributed by atoms with van der Waals surface area (Å²) in [5, 5.41) is 0.229. The van der Waals surface area contributed by atoms with Crippen LogP contribution in [0, 0.1) is 5.95 Å². The molecule has 3 heteroatoms. The zero-order chi connectivity index (χ0) is 7.84. The van der Waals surface area contributed by atoms with E-state index in [1.807, 2.05) is 0 Å². The van der Waals surface area contributed by atoms with Crippen LogP contribution in [0.3, 0.4) is 0 Å². The zero-order valence-corrected chi connectivity index (χ0v) is 6.61. The van der Waals surface area contributed by atoms with Crippen LogP contribution in [0.4, 0.5) is 4.39 Å². The molecule has 0 unspecified atom stereocenters. The fourth-order valence-electron chi connectivity index (χ4n) is 1.12. The van der Waals surface area contributed by atoms with Crippen LogP contribution in [0.25, 0.3) is 0 Å². The van der Waals surface area contributed by atoms with Crippen molar-refractivity contribution in [2.24, 2.45) is 0 Å². The molecule has 0 aromatic carbocycles. The van der Waals surface area contributed by atoms with Crippen LogP contribution in [0.1, 0.15) is 24.3 Å². The Hall–Kier alpha value is -0.630. The minimum absolute atomic E-state index is 0.229. The van der Waals surface area contributed by atoms with Crippen molar-refractivity contribution in [3.63, 3.8) is 0 Å². The third kappa shape index (κ3) is 1.36. The van der Waals surface area contributed by atoms with Crippen LogP contribution in [-0.2, 0) is 0 Å². The first-order chi connectivity index (χ1) is 5.27. The number of nitrogens with zero attached hydrogens (tertiary/aromatic N) is 1. The van der Waals surface area contributed by atoms with Crippen LogP contribution in [-0.4, -0.2) is 4.98 Å². The van der Waals surface area contributed by atoms with Crippen LogP contribution < -0.4 is 0 Å². The van der Waals surface area contributed by atoms with Gasteiger partial charge in [-0.3, -0.25) is 0 Å². The maximum absolute atomic E-state index is 12.9. The normalized spacial score (nSPS) is 16.9. The van der Waals surface area contributed by atoms with Crippen molar-refractivity contribution < 1.29 is 4.39 Å². The second-order valence-electron chi connectivity index (χ2n) is 2.79. The maximum atomic E-state index is 12.9. The minimum Gasteiger partial charge on any atom is -0.208 e. The molecule has 1 heterocycles. The average molecular weight is 172 g/mol. The maximum Gasteiger partial charge on any atom is 0.217 e. The van der Waals surface area contributed by atoms with Crippen molar-refractivity contribution in [1.29, 1.82) is 0 Å². The summed E-state index contributed by atoms with van der Waals surface area (Å²) in [6.07, 6.45) is 2.17. The van der Waals surface area contributed by atoms with Gasteiger partial charge in [-0.15, -0.1) is 0 Å². The predicted molar refractivity (Wildman–Crippen MR) is 41.2 cm³/mol. The molecule has 1 aromatic heterocycles. The molecule has 0 spiro atoms. The SMILES string of the molecule is Fc1nc(Cl)ccc1C1CC1. The zero-order valence-electron chi connectivity index (χ0n) is 5.85. The molecule has 58 valence electrons. The van der Waals surface area contributed by atoms with Gasteiger partial charge in [0.15, 0.2) is 0 Å². The second kappa shape index (κ2) is 2.45. The van der Waals surface area contributed by atoms with Gasteiger partial charge < -0.3 is 0 Å². The molecular formula is C8H7ClFN. The van der Waals surface area contributed by atoms with Crippen LogP contribution in [0.5, 0.6) is 0 Å². The number of hydrogen-bond acceptors (Lipinski definition) is 1. The highest BCUT2D eigenvalue weighted by Gasteiger charge is 2.26. The van der Waals surface area contributed by atoms with Crippen LogP contribution in [0.2, 0.25) is 5.15 Å². The lowest BCUT2D eigenvalue weighted by Gasteiger charge is -1.98. The fourth-order valence-corrected chi connectivity index (χ4v) is 1.26. The van der Waals surface area contributed by atoms with Gasteiger partial charge in [-0.2, -0.15) is 4.39 Å². The Morgan fingerprint density at radius 1 is 1.45 bits per heavy atom. The van der Waals surface area contributed by atoms with Crippen molar-refractivity contribution in [1.82, 2.24) is 4.98 Å². The molecule has 1 saturated carbocycles. The third-order valence-corrected chi connectivity index (χ3v) is 2.07. The average Bonchev–Trinajstić information content (AvgIpc) is 2.70. The quantitative estimate of drug-likeness (QED) is 0.592. The van der Waals surface area contributed by atoms with E-state index in [-0.39, 0.29) is 5.15 Å². The summed E-state index contributed by atoms with van der Waals surface area (Å²) in [5.41, 5.74) is 0.717. The largest absolute Gasteiger partial charge is 0.217 e. The third-order valence-electron chi connectivity index (χ3n) is 1.86. The summed E-state index contributed by atoms with van der Waals surface area (Å²) >= 11 is 5.49. The highest BCUT2D eigenvalue weighted by molar-refractivity contribution is 6.29. The lowest BCUT2D eigenvalue weighted by atomic mass is 10.2. The van der Waals surface area contributed by atoms with E-state index in [0.717, 1.165) is 18.4 Å². The van der Waals surface area contributed by atoms with Gasteiger partial charge in [-0.1, -0.05) is 17.7 Å². The predicted octanol–water partition coefficient (Wildman–Crippen LogP) is 2.75. The summed E-state index contributed by atoms with van der Waals surface area (Å²) < 4.78 is 12.9. The number of aromatic nitrogens is 1. The number of rotatable bonds is 1. The van der Waals surface area contributed by atoms with Crippen molar-refractivity contribution in [3.8, 4) is 0 Å². The van der Waals surface area contributed by atoms with Gasteiger partial charge in [0.25, 0.3) is 0 Å². The number of pyridine rings is 1. The molecule has 1 aliphatic carbocycles. The molecule has 0 aliphatic heterocycles. The van der Waals surface area contributed by atoms with Gasteiger partial charge in [0.05, 0.1) is 0 Å². The van der Waals surface area contributed by atoms with Gasteiger partial charge in [-0.05, 0) is 24.8 Å². The highest BCUT2D eigenvalue weighted by atomic mass is 35.5. The van der Waals surface area contributed by atoms with Crippen LogP contribution in [0.15, 0.2) is 12.1 Å². The van der Waals surface area contributed by atoms with Gasteiger partial charge >= 0.3 is 0 Å². The molecule has 1 aromatic rings. The van der Waals surface area contributed by atoms with E-state index in [1.165, 1.54) is 0 Å². The Morgan fingerprint density at radius 2 is 2.18 bits per heavy atom. The molecule has 0 N–H and O–H groups in total. The topological polar surface area (TPSA) is 12.9 Å². The summed E-state index contributed by atoms with van der Waals surface area (Å²) in [4.78, 5) is 3.53. The second-order valence-corrected chi connectivity index (χ2v) is 3.18. The summed E-state index contributed by atoms with van der Waals surface area (Å²) in [5.74, 6) is -0.000216. The minimum atomic E-state index is -0.403. The Morgan fingerprint density at radius 3 is 2.73 bits per heavy atom. The Balaban J connectivity index is 2.39. The van der Waals surface area contributed by atoms with Crippen LogP contribution >= 0.6 is 11.6 Å². The molecule has 11 heavy (non-hydrogen) atoms. The van der Waals surface area contributed by atoms with E-state index in [9.17, 15) is 4.39 Å². The molecule has 0 atom stereocenters. The first-order valence-corrected chi connectivity index (χ1v) is 3.97. The van der Waals surface area contributed by atoms with Gasteiger partial charge in [-0.25, -0.2) is 4.98 Å². The van der Waals surface area contributed by atoms with E-state index >= 15 is 0 Å². The molecule has 0 saturated heterocycles. The number of halogens is 2. The first kappa shape index (κ1) is 7.04. The van der Waals surface area contributed by atoms with Crippen molar-refractivity contribution in [2.75, 3.05) is 0 Å². The molecule has 1 nitrogen and oxygen atoms in total. The Bertz CT molecular complexity index is 283. The summed E-state index contributed by atoms with van der Waals surface area (Å²) in [6.45, 7) is 0. The summed E-state index contributed by atoms with van der Waals surface area (Å²) in [7, 11) is 0. The molecule has 0 radical (unpaired) electrons. The summed E-state index contributed by atoms with van der Waals surface area (Å²) in [6, 6.07) is 3.36.